The molecule has 1 fully saturated rings. The molecule has 5 N–H and O–H groups in total. The Morgan fingerprint density at radius 3 is 2.19 bits per heavy atom. The van der Waals surface area contributed by atoms with E-state index in [1.54, 1.807) is 0 Å². The molecule has 1 aliphatic rings. The highest BCUT2D eigenvalue weighted by atomic mass is 32.2. The van der Waals surface area contributed by atoms with Gasteiger partial charge in [0.2, 0.25) is 0 Å². The fraction of sp³-hybridized carbons (Fsp3) is 1.00. The lowest BCUT2D eigenvalue weighted by molar-refractivity contribution is -0.349. The molecule has 1 saturated heterocycles. The maximum absolute atomic E-state index is 9.95. The van der Waals surface area contributed by atoms with Crippen LogP contribution in [-0.2, 0) is 4.74 Å². The van der Waals surface area contributed by atoms with Crippen molar-refractivity contribution in [2.75, 3.05) is 6.61 Å². The highest BCUT2D eigenvalue weighted by Crippen LogP contribution is 2.33. The van der Waals surface area contributed by atoms with Gasteiger partial charge in [-0.15, -0.1) is 0 Å². The summed E-state index contributed by atoms with van der Waals surface area (Å²) >= 11 is 7.84. The lowest BCUT2D eigenvalue weighted by atomic mass is 9.91. The minimum absolute atomic E-state index is 0.166. The normalized spacial score (nSPS) is 45.0. The van der Waals surface area contributed by atoms with Crippen molar-refractivity contribution in [2.24, 2.45) is 0 Å². The van der Waals surface area contributed by atoms with Gasteiger partial charge in [-0.25, -0.2) is 0 Å². The van der Waals surface area contributed by atoms with Gasteiger partial charge in [-0.1, -0.05) is 0 Å². The Kier molecular flexibility index (Phi) is 4.90. The zero-order chi connectivity index (χ0) is 12.5. The molecule has 0 bridgehead atoms. The first-order valence-electron chi connectivity index (χ1n) is 4.73. The number of hydrogen-bond acceptors (Lipinski definition) is 8. The Labute approximate surface area is 104 Å². The van der Waals surface area contributed by atoms with Gasteiger partial charge < -0.3 is 30.3 Å². The van der Waals surface area contributed by atoms with Crippen molar-refractivity contribution in [3.05, 3.63) is 0 Å². The van der Waals surface area contributed by atoms with E-state index in [1.165, 1.54) is 0 Å². The van der Waals surface area contributed by atoms with Gasteiger partial charge >= 0.3 is 0 Å². The van der Waals surface area contributed by atoms with Gasteiger partial charge in [0.25, 0.3) is 0 Å². The second kappa shape index (κ2) is 5.40. The molecule has 0 aromatic heterocycles. The predicted octanol–water partition coefficient (Wildman–Crippen LogP) is -2.28. The predicted molar refractivity (Wildman–Crippen MR) is 61.3 cm³/mol. The first-order valence-corrected chi connectivity index (χ1v) is 5.76. The zero-order valence-electron chi connectivity index (χ0n) is 8.34. The second-order valence-electron chi connectivity index (χ2n) is 3.79. The topological polar surface area (TPSA) is 110 Å². The Morgan fingerprint density at radius 1 is 1.19 bits per heavy atom. The van der Waals surface area contributed by atoms with Crippen molar-refractivity contribution in [1.82, 2.24) is 0 Å². The Balaban J connectivity index is 2.85. The number of aliphatic hydroxyl groups is 5. The highest BCUT2D eigenvalue weighted by molar-refractivity contribution is 7.99. The first kappa shape index (κ1) is 14.5. The molecule has 1 heterocycles. The monoisotopic (exact) mass is 272 g/mol. The van der Waals surface area contributed by atoms with Crippen LogP contribution in [0.5, 0.6) is 0 Å². The summed E-state index contributed by atoms with van der Waals surface area (Å²) in [6.45, 7) is -0.586. The third-order valence-electron chi connectivity index (χ3n) is 2.53. The van der Waals surface area contributed by atoms with E-state index in [4.69, 9.17) is 9.84 Å². The van der Waals surface area contributed by atoms with Crippen LogP contribution in [0.25, 0.3) is 0 Å². The number of aliphatic hydroxyl groups excluding tert-OH is 4. The SMILES string of the molecule is OC[C@H]1O[C@@](O)(CC(S)S)[C@H](O)[C@@H](O)[C@H]1O. The molecule has 8 heteroatoms. The number of ether oxygens (including phenoxy) is 1. The van der Waals surface area contributed by atoms with Crippen LogP contribution in [0, 0.1) is 0 Å². The van der Waals surface area contributed by atoms with Gasteiger partial charge in [-0.05, 0) is 0 Å². The largest absolute Gasteiger partial charge is 0.394 e. The van der Waals surface area contributed by atoms with E-state index in [2.05, 4.69) is 25.3 Å². The van der Waals surface area contributed by atoms with Crippen LogP contribution in [0.1, 0.15) is 6.42 Å². The van der Waals surface area contributed by atoms with Crippen molar-refractivity contribution < 1.29 is 30.3 Å². The van der Waals surface area contributed by atoms with Gasteiger partial charge in [-0.3, -0.25) is 0 Å². The summed E-state index contributed by atoms with van der Waals surface area (Å²) in [4.78, 5) is 0. The summed E-state index contributed by atoms with van der Waals surface area (Å²) in [6, 6.07) is 0. The summed E-state index contributed by atoms with van der Waals surface area (Å²) < 4.78 is 4.39. The quantitative estimate of drug-likeness (QED) is 0.230. The average Bonchev–Trinajstić information content (AvgIpc) is 2.20. The van der Waals surface area contributed by atoms with Crippen LogP contribution in [0.15, 0.2) is 0 Å². The van der Waals surface area contributed by atoms with E-state index in [1.807, 2.05) is 0 Å². The van der Waals surface area contributed by atoms with E-state index < -0.39 is 41.4 Å². The van der Waals surface area contributed by atoms with Crippen molar-refractivity contribution in [3.8, 4) is 0 Å². The molecule has 0 radical (unpaired) electrons. The van der Waals surface area contributed by atoms with Gasteiger partial charge in [0.15, 0.2) is 5.79 Å². The molecule has 0 aliphatic carbocycles. The van der Waals surface area contributed by atoms with Crippen LogP contribution in [0.4, 0.5) is 0 Å². The molecule has 0 spiro atoms. The molecule has 1 rings (SSSR count). The summed E-state index contributed by atoms with van der Waals surface area (Å²) in [7, 11) is 0. The number of hydrogen-bond donors (Lipinski definition) is 7. The molecule has 0 unspecified atom stereocenters. The van der Waals surface area contributed by atoms with Gasteiger partial charge in [-0.2, -0.15) is 25.3 Å². The van der Waals surface area contributed by atoms with Crippen LogP contribution >= 0.6 is 25.3 Å². The van der Waals surface area contributed by atoms with E-state index in [9.17, 15) is 20.4 Å². The van der Waals surface area contributed by atoms with Crippen LogP contribution < -0.4 is 0 Å². The minimum Gasteiger partial charge on any atom is -0.394 e. The lowest BCUT2D eigenvalue weighted by Crippen LogP contribution is -2.65. The van der Waals surface area contributed by atoms with Crippen LogP contribution in [-0.4, -0.2) is 66.9 Å². The fourth-order valence-electron chi connectivity index (χ4n) is 1.65. The Morgan fingerprint density at radius 2 is 1.75 bits per heavy atom. The van der Waals surface area contributed by atoms with E-state index >= 15 is 0 Å². The van der Waals surface area contributed by atoms with Crippen LogP contribution in [0.2, 0.25) is 0 Å². The van der Waals surface area contributed by atoms with Gasteiger partial charge in [0, 0.05) is 11.0 Å². The Bertz CT molecular complexity index is 239. The molecule has 5 atom stereocenters. The maximum atomic E-state index is 9.95. The summed E-state index contributed by atoms with van der Waals surface area (Å²) in [5.74, 6) is -2.08. The number of thiol groups is 2. The molecular formula is C8H16O6S2. The highest BCUT2D eigenvalue weighted by Gasteiger charge is 2.52. The molecule has 1 aliphatic heterocycles. The maximum Gasteiger partial charge on any atom is 0.197 e. The molecule has 0 aromatic rings. The number of rotatable bonds is 3. The van der Waals surface area contributed by atoms with Crippen molar-refractivity contribution in [2.45, 2.75) is 41.2 Å². The molecule has 0 amide bonds. The molecule has 6 nitrogen and oxygen atoms in total. The summed E-state index contributed by atoms with van der Waals surface area (Å²) in [5, 5.41) is 47.4. The summed E-state index contributed by atoms with van der Waals surface area (Å²) in [5.41, 5.74) is 0. The standard InChI is InChI=1S/C8H16O6S2/c9-2-3-5(10)6(11)7(12)8(13,14-3)1-4(15)16/h3-7,9-13,15-16H,1-2H2/t3-,5+,6+,7-,8+/m1/s1. The Hall–Kier alpha value is 0.460. The van der Waals surface area contributed by atoms with E-state index in [0.29, 0.717) is 0 Å². The smallest absolute Gasteiger partial charge is 0.197 e. The molecule has 0 saturated carbocycles. The third-order valence-corrected chi connectivity index (χ3v) is 2.89. The molecule has 0 aromatic carbocycles. The van der Waals surface area contributed by atoms with Crippen molar-refractivity contribution in [1.29, 1.82) is 0 Å². The van der Waals surface area contributed by atoms with E-state index in [0.717, 1.165) is 0 Å². The van der Waals surface area contributed by atoms with Crippen molar-refractivity contribution in [3.63, 3.8) is 0 Å². The van der Waals surface area contributed by atoms with Gasteiger partial charge in [0.05, 0.1) is 6.61 Å². The minimum atomic E-state index is -2.08. The second-order valence-corrected chi connectivity index (χ2v) is 5.45. The van der Waals surface area contributed by atoms with Crippen molar-refractivity contribution >= 4 is 25.3 Å². The fourth-order valence-corrected chi connectivity index (χ4v) is 2.17. The first-order chi connectivity index (χ1) is 7.31. The lowest BCUT2D eigenvalue weighted by Gasteiger charge is -2.45. The summed E-state index contributed by atoms with van der Waals surface area (Å²) in [6.07, 6.45) is -6.08. The van der Waals surface area contributed by atoms with Gasteiger partial charge in [0.1, 0.15) is 24.4 Å². The van der Waals surface area contributed by atoms with Crippen LogP contribution in [0.3, 0.4) is 0 Å². The molecular weight excluding hydrogens is 256 g/mol. The van der Waals surface area contributed by atoms with E-state index in [-0.39, 0.29) is 6.42 Å². The molecule has 96 valence electrons. The average molecular weight is 272 g/mol. The zero-order valence-corrected chi connectivity index (χ0v) is 10.1. The third kappa shape index (κ3) is 2.82. The molecule has 16 heavy (non-hydrogen) atoms.